The molecule has 0 unspecified atom stereocenters. The molecule has 15 heavy (non-hydrogen) atoms. The first-order valence-corrected chi connectivity index (χ1v) is 4.43. The molecule has 1 aromatic heterocycles. The summed E-state index contributed by atoms with van der Waals surface area (Å²) in [5.74, 6) is 0.717. The van der Waals surface area contributed by atoms with Crippen LogP contribution in [0.2, 0.25) is 0 Å². The van der Waals surface area contributed by atoms with Crippen molar-refractivity contribution in [2.45, 2.75) is 0 Å². The van der Waals surface area contributed by atoms with Crippen molar-refractivity contribution in [2.75, 3.05) is 0 Å². The van der Waals surface area contributed by atoms with Gasteiger partial charge in [0.15, 0.2) is 0 Å². The quantitative estimate of drug-likeness (QED) is 0.717. The van der Waals surface area contributed by atoms with Gasteiger partial charge in [0.1, 0.15) is 0 Å². The van der Waals surface area contributed by atoms with Crippen LogP contribution in [0.4, 0.5) is 5.95 Å². The van der Waals surface area contributed by atoms with E-state index in [0.717, 1.165) is 5.56 Å². The van der Waals surface area contributed by atoms with E-state index in [1.165, 1.54) is 0 Å². The fraction of sp³-hybridized carbons (Fsp3) is 0.0909. The first kappa shape index (κ1) is 11.5. The van der Waals surface area contributed by atoms with E-state index >= 15 is 0 Å². The highest BCUT2D eigenvalue weighted by Gasteiger charge is 1.92. The molecular formula is C11H12ClN3. The van der Waals surface area contributed by atoms with E-state index in [9.17, 15) is 0 Å². The highest BCUT2D eigenvalue weighted by molar-refractivity contribution is 5.85. The molecule has 2 rings (SSSR count). The Hall–Kier alpha value is -1.61. The van der Waals surface area contributed by atoms with Crippen LogP contribution in [0.3, 0.4) is 0 Å². The van der Waals surface area contributed by atoms with E-state index in [4.69, 9.17) is 0 Å². The summed E-state index contributed by atoms with van der Waals surface area (Å²) in [6.07, 6.45) is 5.41. The predicted molar refractivity (Wildman–Crippen MR) is 64.2 cm³/mol. The van der Waals surface area contributed by atoms with Crippen molar-refractivity contribution in [3.8, 4) is 0 Å². The lowest BCUT2D eigenvalue weighted by atomic mass is 10.2. The maximum atomic E-state index is 4.26. The van der Waals surface area contributed by atoms with E-state index in [1.54, 1.807) is 6.20 Å². The van der Waals surface area contributed by atoms with Gasteiger partial charge in [-0.05, 0) is 5.56 Å². The summed E-state index contributed by atoms with van der Waals surface area (Å²) in [7, 11) is 1.92. The average molecular weight is 222 g/mol. The third-order valence-electron chi connectivity index (χ3n) is 1.92. The van der Waals surface area contributed by atoms with Gasteiger partial charge in [0.25, 0.3) is 0 Å². The number of benzene rings is 1. The van der Waals surface area contributed by atoms with Gasteiger partial charge in [0.2, 0.25) is 5.95 Å². The van der Waals surface area contributed by atoms with Gasteiger partial charge in [-0.25, -0.2) is 9.98 Å². The van der Waals surface area contributed by atoms with Crippen molar-refractivity contribution >= 4 is 24.6 Å². The van der Waals surface area contributed by atoms with E-state index in [2.05, 4.69) is 9.98 Å². The number of halogens is 1. The molecule has 0 saturated heterocycles. The van der Waals surface area contributed by atoms with E-state index < -0.39 is 0 Å². The second-order valence-electron chi connectivity index (χ2n) is 3.01. The molecule has 4 heteroatoms. The fourth-order valence-corrected chi connectivity index (χ4v) is 1.15. The summed E-state index contributed by atoms with van der Waals surface area (Å²) in [6, 6.07) is 9.97. The zero-order valence-corrected chi connectivity index (χ0v) is 9.19. The fourth-order valence-electron chi connectivity index (χ4n) is 1.15. The van der Waals surface area contributed by atoms with Crippen LogP contribution in [0.5, 0.6) is 0 Å². The third-order valence-corrected chi connectivity index (χ3v) is 1.92. The molecule has 78 valence electrons. The number of imidazole rings is 1. The molecule has 0 aliphatic heterocycles. The molecule has 0 bridgehead atoms. The van der Waals surface area contributed by atoms with E-state index in [0.29, 0.717) is 5.95 Å². The summed E-state index contributed by atoms with van der Waals surface area (Å²) in [5, 5.41) is 0. The number of nitrogens with zero attached hydrogens (tertiary/aromatic N) is 3. The van der Waals surface area contributed by atoms with Gasteiger partial charge in [0.05, 0.1) is 0 Å². The molecule has 1 aromatic carbocycles. The molecule has 3 nitrogen and oxygen atoms in total. The van der Waals surface area contributed by atoms with Crippen molar-refractivity contribution in [2.24, 2.45) is 12.0 Å². The average Bonchev–Trinajstić information content (AvgIpc) is 2.63. The minimum Gasteiger partial charge on any atom is -0.319 e. The van der Waals surface area contributed by atoms with Crippen LogP contribution in [-0.2, 0) is 7.05 Å². The Labute approximate surface area is 94.9 Å². The summed E-state index contributed by atoms with van der Waals surface area (Å²) in [6.45, 7) is 0. The number of aromatic nitrogens is 2. The molecule has 0 radical (unpaired) electrons. The summed E-state index contributed by atoms with van der Waals surface area (Å²) < 4.78 is 1.87. The van der Waals surface area contributed by atoms with Crippen LogP contribution >= 0.6 is 12.4 Å². The normalized spacial score (nSPS) is 10.2. The molecule has 0 spiro atoms. The van der Waals surface area contributed by atoms with Gasteiger partial charge < -0.3 is 4.57 Å². The lowest BCUT2D eigenvalue weighted by molar-refractivity contribution is 0.912. The van der Waals surface area contributed by atoms with Gasteiger partial charge in [-0.3, -0.25) is 0 Å². The highest BCUT2D eigenvalue weighted by Crippen LogP contribution is 2.05. The lowest BCUT2D eigenvalue weighted by Gasteiger charge is -1.93. The first-order valence-electron chi connectivity index (χ1n) is 4.43. The smallest absolute Gasteiger partial charge is 0.229 e. The molecule has 2 aromatic rings. The number of aryl methyl sites for hydroxylation is 1. The van der Waals surface area contributed by atoms with Gasteiger partial charge in [0, 0.05) is 25.7 Å². The van der Waals surface area contributed by atoms with Crippen molar-refractivity contribution in [3.05, 3.63) is 48.3 Å². The Morgan fingerprint density at radius 1 is 1.27 bits per heavy atom. The highest BCUT2D eigenvalue weighted by atomic mass is 35.5. The Balaban J connectivity index is 0.00000112. The van der Waals surface area contributed by atoms with Crippen molar-refractivity contribution < 1.29 is 0 Å². The number of rotatable bonds is 2. The largest absolute Gasteiger partial charge is 0.319 e. The van der Waals surface area contributed by atoms with Crippen molar-refractivity contribution in [1.29, 1.82) is 0 Å². The maximum Gasteiger partial charge on any atom is 0.229 e. The standard InChI is InChI=1S/C11H11N3.ClH/c1-14-8-7-12-11(14)13-9-10-5-3-2-4-6-10;/h2-9H,1H3;1H. The molecule has 0 N–H and O–H groups in total. The van der Waals surface area contributed by atoms with E-state index in [1.807, 2.05) is 54.4 Å². The Morgan fingerprint density at radius 2 is 2.00 bits per heavy atom. The number of hydrogen-bond acceptors (Lipinski definition) is 2. The van der Waals surface area contributed by atoms with Crippen LogP contribution in [0, 0.1) is 0 Å². The van der Waals surface area contributed by atoms with Crippen molar-refractivity contribution in [1.82, 2.24) is 9.55 Å². The second kappa shape index (κ2) is 5.32. The monoisotopic (exact) mass is 221 g/mol. The molecule has 1 heterocycles. The van der Waals surface area contributed by atoms with Crippen LogP contribution in [0.25, 0.3) is 0 Å². The number of aliphatic imine (C=N–C) groups is 1. The van der Waals surface area contributed by atoms with Gasteiger partial charge >= 0.3 is 0 Å². The summed E-state index contributed by atoms with van der Waals surface area (Å²) >= 11 is 0. The predicted octanol–water partition coefficient (Wildman–Crippen LogP) is 2.59. The van der Waals surface area contributed by atoms with Crippen LogP contribution in [0.15, 0.2) is 47.7 Å². The third kappa shape index (κ3) is 2.92. The van der Waals surface area contributed by atoms with Gasteiger partial charge in [-0.2, -0.15) is 0 Å². The zero-order chi connectivity index (χ0) is 9.80. The topological polar surface area (TPSA) is 30.2 Å². The Bertz CT molecular complexity index is 434. The zero-order valence-electron chi connectivity index (χ0n) is 8.37. The number of hydrogen-bond donors (Lipinski definition) is 0. The molecular weight excluding hydrogens is 210 g/mol. The van der Waals surface area contributed by atoms with Crippen LogP contribution in [-0.4, -0.2) is 15.8 Å². The molecule has 0 amide bonds. The maximum absolute atomic E-state index is 4.26. The summed E-state index contributed by atoms with van der Waals surface area (Å²) in [4.78, 5) is 8.36. The molecule has 0 saturated carbocycles. The molecule has 0 fully saturated rings. The molecule has 0 atom stereocenters. The second-order valence-corrected chi connectivity index (χ2v) is 3.01. The minimum absolute atomic E-state index is 0. The van der Waals surface area contributed by atoms with Gasteiger partial charge in [-0.1, -0.05) is 30.3 Å². The molecule has 0 aliphatic carbocycles. The molecule has 0 aliphatic rings. The van der Waals surface area contributed by atoms with Crippen LogP contribution in [0.1, 0.15) is 5.56 Å². The summed E-state index contributed by atoms with van der Waals surface area (Å²) in [5.41, 5.74) is 1.08. The lowest BCUT2D eigenvalue weighted by Crippen LogP contribution is -1.85. The Kier molecular flexibility index (Phi) is 4.06. The van der Waals surface area contributed by atoms with Crippen LogP contribution < -0.4 is 0 Å². The first-order chi connectivity index (χ1) is 6.86. The van der Waals surface area contributed by atoms with Crippen molar-refractivity contribution in [3.63, 3.8) is 0 Å². The minimum atomic E-state index is 0. The van der Waals surface area contributed by atoms with Gasteiger partial charge in [-0.15, -0.1) is 12.4 Å². The van der Waals surface area contributed by atoms with E-state index in [-0.39, 0.29) is 12.4 Å². The SMILES string of the molecule is Cl.Cn1ccnc1N=Cc1ccccc1. The Morgan fingerprint density at radius 3 is 2.60 bits per heavy atom.